The maximum absolute atomic E-state index is 2.65. The van der Waals surface area contributed by atoms with E-state index in [0.29, 0.717) is 11.8 Å². The Morgan fingerprint density at radius 1 is 0.846 bits per heavy atom. The van der Waals surface area contributed by atoms with Crippen molar-refractivity contribution in [1.82, 2.24) is 0 Å². The molecule has 0 saturated heterocycles. The van der Waals surface area contributed by atoms with Gasteiger partial charge >= 0.3 is 0 Å². The van der Waals surface area contributed by atoms with Gasteiger partial charge in [-0.1, -0.05) is 109 Å². The first-order valence-electron chi connectivity index (χ1n) is 14.7. The Morgan fingerprint density at radius 2 is 1.46 bits per heavy atom. The first-order valence-corrected chi connectivity index (χ1v) is 17.7. The molecule has 3 aromatic carbocycles. The molecule has 1 unspecified atom stereocenters. The molecule has 3 aromatic rings. The fraction of sp³-hybridized carbons (Fsp3) is 0.486. The van der Waals surface area contributed by atoms with Gasteiger partial charge in [0, 0.05) is 26.2 Å². The molecule has 0 radical (unpaired) electrons. The number of fused-ring (bicyclic) bond motifs is 1. The molecule has 0 amide bonds. The fourth-order valence-corrected chi connectivity index (χ4v) is 12.4. The molecule has 2 heteroatoms. The van der Waals surface area contributed by atoms with E-state index >= 15 is 0 Å². The summed E-state index contributed by atoms with van der Waals surface area (Å²) in [6.07, 6.45) is 0. The second kappa shape index (κ2) is 10.8. The van der Waals surface area contributed by atoms with Crippen LogP contribution in [0.3, 0.4) is 0 Å². The summed E-state index contributed by atoms with van der Waals surface area (Å²) in [5, 5.41) is 6.15. The van der Waals surface area contributed by atoms with Gasteiger partial charge < -0.3 is 0 Å². The van der Waals surface area contributed by atoms with Crippen LogP contribution in [0, 0.1) is 5.92 Å². The van der Waals surface area contributed by atoms with Gasteiger partial charge in [0.2, 0.25) is 0 Å². The molecule has 0 N–H and O–H groups in total. The zero-order valence-electron chi connectivity index (χ0n) is 27.2. The zero-order chi connectivity index (χ0) is 28.5. The van der Waals surface area contributed by atoms with E-state index in [-0.39, 0.29) is 37.0 Å². The predicted molar refractivity (Wildman–Crippen MR) is 174 cm³/mol. The van der Waals surface area contributed by atoms with Crippen molar-refractivity contribution in [3.8, 4) is 11.1 Å². The van der Waals surface area contributed by atoms with Gasteiger partial charge in [0.1, 0.15) is 8.07 Å². The van der Waals surface area contributed by atoms with Crippen molar-refractivity contribution in [2.75, 3.05) is 0 Å². The van der Waals surface area contributed by atoms with Crippen LogP contribution in [0.2, 0.25) is 13.1 Å². The standard InChI is InChI=1S/C37H51Si.Zr/c1-22(2)32-30(29-20-16-18-27-17-15-19-28(27)29)21-31(36(7,8)9)35(33(32)37(10,11)12)38(13,14)34-25(5)23(3)24(4)26(34)6;/h15-22,25H,1-14H3;/q-1;. The van der Waals surface area contributed by atoms with Crippen LogP contribution in [0.4, 0.5) is 0 Å². The molecule has 0 nitrogen and oxygen atoms in total. The maximum atomic E-state index is 2.65. The van der Waals surface area contributed by atoms with E-state index in [0.717, 1.165) is 0 Å². The normalized spacial score (nSPS) is 17.1. The van der Waals surface area contributed by atoms with Crippen LogP contribution >= 0.6 is 0 Å². The monoisotopic (exact) mass is 613 g/mol. The van der Waals surface area contributed by atoms with Gasteiger partial charge in [-0.25, -0.2) is 0 Å². The van der Waals surface area contributed by atoms with Gasteiger partial charge in [-0.15, -0.1) is 29.0 Å². The predicted octanol–water partition coefficient (Wildman–Crippen LogP) is 10.7. The molecule has 208 valence electrons. The van der Waals surface area contributed by atoms with E-state index < -0.39 is 8.07 Å². The summed E-state index contributed by atoms with van der Waals surface area (Å²) in [6.45, 7) is 34.3. The van der Waals surface area contributed by atoms with Crippen molar-refractivity contribution in [3.63, 3.8) is 0 Å². The Morgan fingerprint density at radius 3 is 1.95 bits per heavy atom. The molecule has 1 aliphatic carbocycles. The summed E-state index contributed by atoms with van der Waals surface area (Å²) in [4.78, 5) is 0. The van der Waals surface area contributed by atoms with Crippen LogP contribution in [-0.4, -0.2) is 8.07 Å². The van der Waals surface area contributed by atoms with Gasteiger partial charge in [0.15, 0.2) is 0 Å². The summed E-state index contributed by atoms with van der Waals surface area (Å²) in [7, 11) is -2.07. The average Bonchev–Trinajstić information content (AvgIpc) is 3.35. The van der Waals surface area contributed by atoms with Crippen molar-refractivity contribution in [1.29, 1.82) is 0 Å². The Bertz CT molecular complexity index is 1460. The Labute approximate surface area is 259 Å². The third-order valence-corrected chi connectivity index (χ3v) is 13.3. The number of allylic oxidation sites excluding steroid dienone is 4. The van der Waals surface area contributed by atoms with Gasteiger partial charge in [-0.3, -0.25) is 0 Å². The smallest absolute Gasteiger partial charge is 0.109 e. The van der Waals surface area contributed by atoms with Crippen LogP contribution in [0.25, 0.3) is 21.9 Å². The Kier molecular flexibility index (Phi) is 8.90. The zero-order valence-corrected chi connectivity index (χ0v) is 30.7. The molecule has 0 aromatic heterocycles. The summed E-state index contributed by atoms with van der Waals surface area (Å²) in [5.41, 5.74) is 12.3. The summed E-state index contributed by atoms with van der Waals surface area (Å²) < 4.78 is 0. The molecular weight excluding hydrogens is 564 g/mol. The molecule has 4 rings (SSSR count). The Balaban J connectivity index is 0.00000420. The molecule has 0 saturated carbocycles. The summed E-state index contributed by atoms with van der Waals surface area (Å²) in [6, 6.07) is 16.2. The molecule has 0 aliphatic heterocycles. The molecule has 0 heterocycles. The number of hydrogen-bond donors (Lipinski definition) is 0. The van der Waals surface area contributed by atoms with Crippen molar-refractivity contribution in [2.45, 2.75) is 113 Å². The number of rotatable bonds is 4. The first kappa shape index (κ1) is 32.1. The van der Waals surface area contributed by atoms with E-state index in [2.05, 4.69) is 139 Å². The number of benzene rings is 2. The van der Waals surface area contributed by atoms with E-state index in [1.807, 2.05) is 0 Å². The van der Waals surface area contributed by atoms with Crippen LogP contribution < -0.4 is 5.19 Å². The van der Waals surface area contributed by atoms with Gasteiger partial charge in [0.25, 0.3) is 0 Å². The second-order valence-electron chi connectivity index (χ2n) is 14.8. The van der Waals surface area contributed by atoms with Crippen LogP contribution in [-0.2, 0) is 37.0 Å². The van der Waals surface area contributed by atoms with E-state index in [1.165, 1.54) is 27.5 Å². The van der Waals surface area contributed by atoms with Gasteiger partial charge in [-0.05, 0) is 76.5 Å². The minimum atomic E-state index is -2.07. The van der Waals surface area contributed by atoms with E-state index in [4.69, 9.17) is 0 Å². The van der Waals surface area contributed by atoms with Crippen molar-refractivity contribution >= 4 is 24.0 Å². The quantitative estimate of drug-likeness (QED) is 0.203. The average molecular weight is 615 g/mol. The van der Waals surface area contributed by atoms with Crippen LogP contribution in [0.5, 0.6) is 0 Å². The largest absolute Gasteiger partial charge is 0.168 e. The van der Waals surface area contributed by atoms with E-state index in [9.17, 15) is 0 Å². The maximum Gasteiger partial charge on any atom is 0.109 e. The Hall–Kier alpha value is -1.37. The number of hydrogen-bond acceptors (Lipinski definition) is 0. The van der Waals surface area contributed by atoms with Crippen LogP contribution in [0.15, 0.2) is 64.4 Å². The first-order chi connectivity index (χ1) is 17.4. The fourth-order valence-electron chi connectivity index (χ4n) is 7.45. The SMILES string of the molecule is CC1=C(C)C(C)C([Si](C)(C)c2c(C(C)(C)C)cc(-c3cccc4[cH-]ccc34)c(C(C)C)c2C(C)(C)C)=C1C.[Zr]. The summed E-state index contributed by atoms with van der Waals surface area (Å²) in [5.74, 6) is 0.956. The molecule has 0 fully saturated rings. The molecule has 39 heavy (non-hydrogen) atoms. The summed E-state index contributed by atoms with van der Waals surface area (Å²) >= 11 is 0. The van der Waals surface area contributed by atoms with E-state index in [1.54, 1.807) is 38.2 Å². The van der Waals surface area contributed by atoms with Gasteiger partial charge in [0.05, 0.1) is 0 Å². The topological polar surface area (TPSA) is 0 Å². The van der Waals surface area contributed by atoms with Crippen molar-refractivity contribution in [2.24, 2.45) is 5.92 Å². The molecule has 1 aliphatic rings. The third kappa shape index (κ3) is 5.35. The third-order valence-electron chi connectivity index (χ3n) is 9.41. The molecule has 0 bridgehead atoms. The second-order valence-corrected chi connectivity index (χ2v) is 19.1. The molecule has 1 atom stereocenters. The molecular formula is C37H51SiZr-. The minimum Gasteiger partial charge on any atom is -0.168 e. The van der Waals surface area contributed by atoms with Crippen molar-refractivity contribution in [3.05, 3.63) is 81.1 Å². The van der Waals surface area contributed by atoms with Crippen LogP contribution in [0.1, 0.15) is 106 Å². The van der Waals surface area contributed by atoms with Crippen molar-refractivity contribution < 1.29 is 26.2 Å². The van der Waals surface area contributed by atoms with Gasteiger partial charge in [-0.2, -0.15) is 12.1 Å². The minimum absolute atomic E-state index is 0. The molecule has 0 spiro atoms.